The van der Waals surface area contributed by atoms with E-state index in [2.05, 4.69) is 43.4 Å². The third-order valence-corrected chi connectivity index (χ3v) is 5.63. The van der Waals surface area contributed by atoms with Gasteiger partial charge in [0.2, 0.25) is 0 Å². The topological polar surface area (TPSA) is 41.1 Å². The maximum absolute atomic E-state index is 14.1. The molecule has 0 saturated heterocycles. The van der Waals surface area contributed by atoms with Crippen LogP contribution >= 0.6 is 0 Å². The molecule has 5 heteroatoms. The van der Waals surface area contributed by atoms with Crippen LogP contribution in [-0.4, -0.2) is 42.1 Å². The molecule has 0 aliphatic carbocycles. The van der Waals surface area contributed by atoms with Crippen LogP contribution in [0.4, 0.5) is 10.2 Å². The number of rotatable bonds is 7. The molecule has 0 saturated carbocycles. The summed E-state index contributed by atoms with van der Waals surface area (Å²) in [6, 6.07) is 19.5. The molecular weight excluding hydrogens is 399 g/mol. The first-order valence-electron chi connectivity index (χ1n) is 11.0. The predicted molar refractivity (Wildman–Crippen MR) is 132 cm³/mol. The highest BCUT2D eigenvalue weighted by atomic mass is 19.1. The maximum atomic E-state index is 14.1. The van der Waals surface area contributed by atoms with E-state index in [0.717, 1.165) is 58.5 Å². The quantitative estimate of drug-likeness (QED) is 0.362. The van der Waals surface area contributed by atoms with Crippen LogP contribution in [0.5, 0.6) is 0 Å². The minimum Gasteiger partial charge on any atom is -0.369 e. The highest BCUT2D eigenvalue weighted by Crippen LogP contribution is 2.30. The molecule has 0 bridgehead atoms. The lowest BCUT2D eigenvalue weighted by Gasteiger charge is -2.14. The molecule has 0 amide bonds. The van der Waals surface area contributed by atoms with E-state index >= 15 is 0 Å². The number of hydrogen-bond acceptors (Lipinski definition) is 4. The Labute approximate surface area is 189 Å². The lowest BCUT2D eigenvalue weighted by Crippen LogP contribution is -2.17. The van der Waals surface area contributed by atoms with Crippen molar-refractivity contribution in [3.8, 4) is 22.5 Å². The second-order valence-electron chi connectivity index (χ2n) is 8.50. The molecule has 1 aromatic heterocycles. The number of aryl methyl sites for hydroxylation is 2. The number of halogens is 1. The average molecular weight is 429 g/mol. The molecule has 0 atom stereocenters. The van der Waals surface area contributed by atoms with E-state index < -0.39 is 0 Å². The van der Waals surface area contributed by atoms with Crippen LogP contribution in [0, 0.1) is 19.7 Å². The Morgan fingerprint density at radius 3 is 2.38 bits per heavy atom. The zero-order chi connectivity index (χ0) is 22.7. The van der Waals surface area contributed by atoms with Gasteiger partial charge >= 0.3 is 0 Å². The van der Waals surface area contributed by atoms with Crippen LogP contribution in [-0.2, 0) is 0 Å². The number of anilines is 1. The normalized spacial score (nSPS) is 11.3. The number of para-hydroxylation sites is 1. The van der Waals surface area contributed by atoms with Gasteiger partial charge in [-0.1, -0.05) is 42.5 Å². The van der Waals surface area contributed by atoms with E-state index in [0.29, 0.717) is 11.4 Å². The summed E-state index contributed by atoms with van der Waals surface area (Å²) in [5.74, 6) is 1.31. The van der Waals surface area contributed by atoms with Crippen LogP contribution in [0.25, 0.3) is 33.4 Å². The first-order chi connectivity index (χ1) is 15.4. The minimum absolute atomic E-state index is 0.199. The number of fused-ring (bicyclic) bond motifs is 1. The number of nitrogens with one attached hydrogen (secondary N) is 1. The first-order valence-corrected chi connectivity index (χ1v) is 11.0. The molecule has 0 radical (unpaired) electrons. The standard InChI is InChI=1S/C27H29FN4/c1-18-12-13-21(17-24(18)28)20-9-6-10-22(16-20)26-30-25-19(2)8-5-11-23(25)27(31-26)29-14-7-15-32(3)4/h5-6,8-13,16-17H,7,14-15H2,1-4H3,(H,29,30,31). The Balaban J connectivity index is 1.74. The monoisotopic (exact) mass is 428 g/mol. The van der Waals surface area contributed by atoms with E-state index in [4.69, 9.17) is 9.97 Å². The van der Waals surface area contributed by atoms with Crippen molar-refractivity contribution >= 4 is 16.7 Å². The summed E-state index contributed by atoms with van der Waals surface area (Å²) in [4.78, 5) is 12.0. The van der Waals surface area contributed by atoms with E-state index in [1.165, 1.54) is 0 Å². The lowest BCUT2D eigenvalue weighted by molar-refractivity contribution is 0.405. The lowest BCUT2D eigenvalue weighted by atomic mass is 10.0. The average Bonchev–Trinajstić information content (AvgIpc) is 2.79. The second kappa shape index (κ2) is 9.45. The zero-order valence-electron chi connectivity index (χ0n) is 19.1. The summed E-state index contributed by atoms with van der Waals surface area (Å²) < 4.78 is 14.1. The van der Waals surface area contributed by atoms with Crippen molar-refractivity contribution in [3.05, 3.63) is 77.6 Å². The van der Waals surface area contributed by atoms with Crippen molar-refractivity contribution in [3.63, 3.8) is 0 Å². The van der Waals surface area contributed by atoms with Gasteiger partial charge in [0.25, 0.3) is 0 Å². The number of benzene rings is 3. The summed E-state index contributed by atoms with van der Waals surface area (Å²) in [5, 5.41) is 4.54. The van der Waals surface area contributed by atoms with Gasteiger partial charge < -0.3 is 10.2 Å². The smallest absolute Gasteiger partial charge is 0.162 e. The summed E-state index contributed by atoms with van der Waals surface area (Å²) >= 11 is 0. The van der Waals surface area contributed by atoms with Crippen molar-refractivity contribution in [2.75, 3.05) is 32.5 Å². The molecule has 32 heavy (non-hydrogen) atoms. The largest absolute Gasteiger partial charge is 0.369 e. The molecule has 3 aromatic carbocycles. The van der Waals surface area contributed by atoms with Gasteiger partial charge in [-0.25, -0.2) is 14.4 Å². The van der Waals surface area contributed by atoms with Crippen LogP contribution in [0.1, 0.15) is 17.5 Å². The van der Waals surface area contributed by atoms with E-state index in [1.807, 2.05) is 42.5 Å². The third kappa shape index (κ3) is 4.78. The molecule has 1 heterocycles. The van der Waals surface area contributed by atoms with Crippen molar-refractivity contribution in [2.45, 2.75) is 20.3 Å². The Bertz CT molecular complexity index is 1250. The van der Waals surface area contributed by atoms with Crippen LogP contribution in [0.2, 0.25) is 0 Å². The summed E-state index contributed by atoms with van der Waals surface area (Å²) in [7, 11) is 4.16. The van der Waals surface area contributed by atoms with E-state index in [1.54, 1.807) is 13.0 Å². The number of hydrogen-bond donors (Lipinski definition) is 1. The van der Waals surface area contributed by atoms with E-state index in [9.17, 15) is 4.39 Å². The van der Waals surface area contributed by atoms with Gasteiger partial charge in [0.15, 0.2) is 5.82 Å². The zero-order valence-corrected chi connectivity index (χ0v) is 19.1. The molecule has 0 fully saturated rings. The summed E-state index contributed by atoms with van der Waals surface area (Å²) in [6.45, 7) is 5.69. The Morgan fingerprint density at radius 2 is 1.59 bits per heavy atom. The highest BCUT2D eigenvalue weighted by Gasteiger charge is 2.12. The number of nitrogens with zero attached hydrogens (tertiary/aromatic N) is 3. The summed E-state index contributed by atoms with van der Waals surface area (Å²) in [5.41, 5.74) is 5.39. The van der Waals surface area contributed by atoms with Crippen molar-refractivity contribution in [1.82, 2.24) is 14.9 Å². The first kappa shape index (κ1) is 21.9. The van der Waals surface area contributed by atoms with Crippen LogP contribution in [0.3, 0.4) is 0 Å². The van der Waals surface area contributed by atoms with Gasteiger partial charge in [0.1, 0.15) is 11.6 Å². The van der Waals surface area contributed by atoms with Gasteiger partial charge in [0.05, 0.1) is 5.52 Å². The van der Waals surface area contributed by atoms with Gasteiger partial charge in [-0.3, -0.25) is 0 Å². The van der Waals surface area contributed by atoms with Gasteiger partial charge in [-0.15, -0.1) is 0 Å². The van der Waals surface area contributed by atoms with Gasteiger partial charge in [-0.05, 0) is 81.4 Å². The molecule has 164 valence electrons. The van der Waals surface area contributed by atoms with Crippen molar-refractivity contribution in [2.24, 2.45) is 0 Å². The Hall–Kier alpha value is -3.31. The fraction of sp³-hybridized carbons (Fsp3) is 0.259. The molecule has 4 nitrogen and oxygen atoms in total. The maximum Gasteiger partial charge on any atom is 0.162 e. The summed E-state index contributed by atoms with van der Waals surface area (Å²) in [6.07, 6.45) is 1.02. The molecule has 0 spiro atoms. The molecular formula is C27H29FN4. The van der Waals surface area contributed by atoms with Crippen LogP contribution in [0.15, 0.2) is 60.7 Å². The SMILES string of the molecule is Cc1ccc(-c2cccc(-c3nc(NCCCN(C)C)c4cccc(C)c4n3)c2)cc1F. The Morgan fingerprint density at radius 1 is 0.844 bits per heavy atom. The number of aromatic nitrogens is 2. The van der Waals surface area contributed by atoms with E-state index in [-0.39, 0.29) is 5.82 Å². The molecule has 0 unspecified atom stereocenters. The molecule has 0 aliphatic heterocycles. The minimum atomic E-state index is -0.199. The molecule has 0 aliphatic rings. The van der Waals surface area contributed by atoms with Crippen molar-refractivity contribution < 1.29 is 4.39 Å². The fourth-order valence-corrected chi connectivity index (χ4v) is 3.77. The molecule has 1 N–H and O–H groups in total. The molecule has 4 aromatic rings. The highest BCUT2D eigenvalue weighted by molar-refractivity contribution is 5.92. The van der Waals surface area contributed by atoms with Gasteiger partial charge in [0, 0.05) is 17.5 Å². The third-order valence-electron chi connectivity index (χ3n) is 5.63. The fourth-order valence-electron chi connectivity index (χ4n) is 3.77. The van der Waals surface area contributed by atoms with Crippen molar-refractivity contribution in [1.29, 1.82) is 0 Å². The van der Waals surface area contributed by atoms with Crippen LogP contribution < -0.4 is 5.32 Å². The Kier molecular flexibility index (Phi) is 6.47. The second-order valence-corrected chi connectivity index (χ2v) is 8.50. The van der Waals surface area contributed by atoms with Gasteiger partial charge in [-0.2, -0.15) is 0 Å². The molecule has 4 rings (SSSR count). The predicted octanol–water partition coefficient (Wildman–Crippen LogP) is 6.08.